The number of benzene rings is 3. The van der Waals surface area contributed by atoms with Gasteiger partial charge in [0, 0.05) is 29.7 Å². The molecule has 0 aliphatic heterocycles. The molecule has 4 aromatic rings. The van der Waals surface area contributed by atoms with E-state index in [1.807, 2.05) is 24.3 Å². The summed E-state index contributed by atoms with van der Waals surface area (Å²) in [4.78, 5) is 6.60. The maximum absolute atomic E-state index is 11.1. The summed E-state index contributed by atoms with van der Waals surface area (Å²) in [5.74, 6) is 0. The van der Waals surface area contributed by atoms with Crippen molar-refractivity contribution in [1.29, 1.82) is 0 Å². The van der Waals surface area contributed by atoms with Crippen molar-refractivity contribution >= 4 is 17.1 Å². The number of nitrogens with two attached hydrogens (primary N) is 1. The number of anilines is 3. The van der Waals surface area contributed by atoms with E-state index in [-0.39, 0.29) is 16.9 Å². The molecule has 40 heavy (non-hydrogen) atoms. The van der Waals surface area contributed by atoms with Gasteiger partial charge in [0.1, 0.15) is 0 Å². The fourth-order valence-corrected chi connectivity index (χ4v) is 4.78. The van der Waals surface area contributed by atoms with Gasteiger partial charge in [-0.05, 0) is 81.6 Å². The maximum atomic E-state index is 11.1. The second kappa shape index (κ2) is 11.8. The molecule has 4 nitrogen and oxygen atoms in total. The lowest BCUT2D eigenvalue weighted by atomic mass is 9.86. The van der Waals surface area contributed by atoms with E-state index in [1.54, 1.807) is 12.3 Å². The lowest BCUT2D eigenvalue weighted by molar-refractivity contribution is 0.178. The molecule has 0 aliphatic rings. The van der Waals surface area contributed by atoms with Crippen LogP contribution in [0.1, 0.15) is 81.6 Å². The number of pyridine rings is 1. The van der Waals surface area contributed by atoms with Crippen molar-refractivity contribution in [2.24, 2.45) is 5.73 Å². The van der Waals surface area contributed by atoms with Gasteiger partial charge in [-0.15, -0.1) is 6.58 Å². The van der Waals surface area contributed by atoms with Gasteiger partial charge in [-0.1, -0.05) is 84.0 Å². The summed E-state index contributed by atoms with van der Waals surface area (Å²) in [5, 5.41) is 11.1. The van der Waals surface area contributed by atoms with Crippen LogP contribution in [0, 0.1) is 0 Å². The zero-order chi connectivity index (χ0) is 29.1. The average molecular weight is 534 g/mol. The number of hydrogen-bond acceptors (Lipinski definition) is 4. The number of aliphatic hydroxyl groups excluding tert-OH is 1. The van der Waals surface area contributed by atoms with Crippen LogP contribution in [-0.2, 0) is 17.3 Å². The molecule has 0 saturated heterocycles. The lowest BCUT2D eigenvalue weighted by Crippen LogP contribution is -2.14. The highest BCUT2D eigenvalue weighted by molar-refractivity contribution is 5.77. The summed E-state index contributed by atoms with van der Waals surface area (Å²) >= 11 is 0. The van der Waals surface area contributed by atoms with E-state index in [0.29, 0.717) is 6.42 Å². The van der Waals surface area contributed by atoms with Gasteiger partial charge in [-0.25, -0.2) is 0 Å². The average Bonchev–Trinajstić information content (AvgIpc) is 2.93. The van der Waals surface area contributed by atoms with Crippen LogP contribution in [0.2, 0.25) is 0 Å². The first kappa shape index (κ1) is 29.3. The van der Waals surface area contributed by atoms with Crippen molar-refractivity contribution in [3.63, 3.8) is 0 Å². The van der Waals surface area contributed by atoms with Crippen LogP contribution in [0.4, 0.5) is 17.1 Å². The van der Waals surface area contributed by atoms with Crippen molar-refractivity contribution < 1.29 is 5.11 Å². The van der Waals surface area contributed by atoms with E-state index in [9.17, 15) is 5.11 Å². The van der Waals surface area contributed by atoms with Crippen molar-refractivity contribution in [2.75, 3.05) is 4.90 Å². The Balaban J connectivity index is 1.64. The summed E-state index contributed by atoms with van der Waals surface area (Å²) in [6.07, 6.45) is 3.23. The smallest absolute Gasteiger partial charge is 0.0830 e. The van der Waals surface area contributed by atoms with Gasteiger partial charge in [0.2, 0.25) is 0 Å². The van der Waals surface area contributed by atoms with Crippen LogP contribution < -0.4 is 10.6 Å². The Labute approximate surface area is 240 Å². The summed E-state index contributed by atoms with van der Waals surface area (Å²) in [6.45, 7) is 17.1. The van der Waals surface area contributed by atoms with Crippen LogP contribution in [0.25, 0.3) is 0 Å². The van der Waals surface area contributed by atoms with Gasteiger partial charge in [0.05, 0.1) is 17.8 Å². The minimum atomic E-state index is -0.644. The van der Waals surface area contributed by atoms with E-state index < -0.39 is 6.10 Å². The standard InChI is InChI=1S/C36H43N3O/c1-8-32(37)33-23-25(21-22-38-33)24-34(40)26-9-15-29(16-10-26)39(30-17-11-27(12-18-30)35(2,3)4)31-19-13-28(14-20-31)36(5,6)7/h8-23,32,34,40H,1,24,37H2,2-7H3. The van der Waals surface area contributed by atoms with Gasteiger partial charge in [-0.3, -0.25) is 4.98 Å². The summed E-state index contributed by atoms with van der Waals surface area (Å²) in [6, 6.07) is 29.3. The molecule has 0 aliphatic carbocycles. The van der Waals surface area contributed by atoms with Gasteiger partial charge < -0.3 is 15.7 Å². The molecule has 1 aromatic heterocycles. The highest BCUT2D eigenvalue weighted by atomic mass is 16.3. The third-order valence-corrected chi connectivity index (χ3v) is 7.39. The van der Waals surface area contributed by atoms with Crippen molar-refractivity contribution in [3.05, 3.63) is 132 Å². The molecule has 0 fully saturated rings. The quantitative estimate of drug-likeness (QED) is 0.223. The number of rotatable bonds is 8. The molecular weight excluding hydrogens is 490 g/mol. The maximum Gasteiger partial charge on any atom is 0.0830 e. The lowest BCUT2D eigenvalue weighted by Gasteiger charge is -2.28. The number of nitrogens with zero attached hydrogens (tertiary/aromatic N) is 2. The minimum absolute atomic E-state index is 0.0852. The minimum Gasteiger partial charge on any atom is -0.388 e. The Hall–Kier alpha value is -3.73. The molecule has 0 amide bonds. The van der Waals surface area contributed by atoms with Crippen LogP contribution in [0.3, 0.4) is 0 Å². The molecule has 208 valence electrons. The van der Waals surface area contributed by atoms with E-state index in [4.69, 9.17) is 5.73 Å². The Morgan fingerprint density at radius 2 is 1.23 bits per heavy atom. The zero-order valence-electron chi connectivity index (χ0n) is 24.7. The van der Waals surface area contributed by atoms with Gasteiger partial charge in [-0.2, -0.15) is 0 Å². The number of aromatic nitrogens is 1. The van der Waals surface area contributed by atoms with E-state index in [0.717, 1.165) is 33.9 Å². The molecule has 0 bridgehead atoms. The van der Waals surface area contributed by atoms with Gasteiger partial charge in [0.15, 0.2) is 0 Å². The second-order valence-electron chi connectivity index (χ2n) is 12.6. The van der Waals surface area contributed by atoms with Crippen LogP contribution in [0.5, 0.6) is 0 Å². The van der Waals surface area contributed by atoms with Gasteiger partial charge >= 0.3 is 0 Å². The molecule has 4 rings (SSSR count). The zero-order valence-corrected chi connectivity index (χ0v) is 24.7. The first-order valence-electron chi connectivity index (χ1n) is 14.0. The van der Waals surface area contributed by atoms with E-state index >= 15 is 0 Å². The highest BCUT2D eigenvalue weighted by Gasteiger charge is 2.19. The normalized spacial score (nSPS) is 13.5. The van der Waals surface area contributed by atoms with Crippen molar-refractivity contribution in [1.82, 2.24) is 4.98 Å². The summed E-state index contributed by atoms with van der Waals surface area (Å²) < 4.78 is 0. The molecule has 3 aromatic carbocycles. The Bertz CT molecular complexity index is 1350. The Morgan fingerprint density at radius 3 is 1.65 bits per heavy atom. The van der Waals surface area contributed by atoms with E-state index in [1.165, 1.54) is 11.1 Å². The first-order valence-corrected chi connectivity index (χ1v) is 14.0. The van der Waals surface area contributed by atoms with Crippen molar-refractivity contribution in [3.8, 4) is 0 Å². The predicted molar refractivity (Wildman–Crippen MR) is 169 cm³/mol. The molecule has 0 spiro atoms. The molecule has 2 atom stereocenters. The van der Waals surface area contributed by atoms with Crippen molar-refractivity contribution in [2.45, 2.75) is 70.9 Å². The third-order valence-electron chi connectivity index (χ3n) is 7.39. The summed E-state index contributed by atoms with van der Waals surface area (Å²) in [5.41, 5.74) is 14.6. The summed E-state index contributed by atoms with van der Waals surface area (Å²) in [7, 11) is 0. The molecular formula is C36H43N3O. The highest BCUT2D eigenvalue weighted by Crippen LogP contribution is 2.37. The Morgan fingerprint density at radius 1 is 0.775 bits per heavy atom. The van der Waals surface area contributed by atoms with Crippen LogP contribution in [0.15, 0.2) is 104 Å². The fourth-order valence-electron chi connectivity index (χ4n) is 4.78. The largest absolute Gasteiger partial charge is 0.388 e. The molecule has 1 heterocycles. The van der Waals surface area contributed by atoms with Crippen LogP contribution in [-0.4, -0.2) is 10.1 Å². The third kappa shape index (κ3) is 6.88. The monoisotopic (exact) mass is 533 g/mol. The molecule has 0 saturated carbocycles. The SMILES string of the molecule is C=CC(N)c1cc(CC(O)c2ccc(N(c3ccc(C(C)(C)C)cc3)c3ccc(C(C)(C)C)cc3)cc2)ccn1. The Kier molecular flexibility index (Phi) is 8.62. The number of aliphatic hydroxyl groups is 1. The molecule has 2 unspecified atom stereocenters. The van der Waals surface area contributed by atoms with E-state index in [2.05, 4.69) is 119 Å². The fraction of sp³-hybridized carbons (Fsp3) is 0.306. The predicted octanol–water partition coefficient (Wildman–Crippen LogP) is 8.61. The molecule has 4 heteroatoms. The topological polar surface area (TPSA) is 62.4 Å². The molecule has 3 N–H and O–H groups in total. The second-order valence-corrected chi connectivity index (χ2v) is 12.6. The van der Waals surface area contributed by atoms with Gasteiger partial charge in [0.25, 0.3) is 0 Å². The molecule has 0 radical (unpaired) electrons. The number of hydrogen-bond donors (Lipinski definition) is 2. The first-order chi connectivity index (χ1) is 18.9. The van der Waals surface area contributed by atoms with Crippen LogP contribution >= 0.6 is 0 Å².